The molecule has 0 fully saturated rings. The smallest absolute Gasteiger partial charge is 0.0687 e. The maximum absolute atomic E-state index is 6.32. The first-order valence-electron chi connectivity index (χ1n) is 5.72. The Morgan fingerprint density at radius 2 is 1.45 bits per heavy atom. The van der Waals surface area contributed by atoms with Crippen LogP contribution in [-0.2, 0) is 6.54 Å². The van der Waals surface area contributed by atoms with Gasteiger partial charge in [0.15, 0.2) is 0 Å². The standard InChI is InChI=1S/C14H10Cl5N/c1-20-6-7-2-3-8(9(15)4-7)12-13(18)10(16)5-11(17)14(12)19/h2-5,20H,6H2,1H3. The Bertz CT molecular complexity index is 628. The van der Waals surface area contributed by atoms with Crippen molar-refractivity contribution in [1.82, 2.24) is 5.32 Å². The van der Waals surface area contributed by atoms with Crippen molar-refractivity contribution in [2.45, 2.75) is 6.54 Å². The van der Waals surface area contributed by atoms with Gasteiger partial charge in [-0.3, -0.25) is 0 Å². The van der Waals surface area contributed by atoms with Gasteiger partial charge in [-0.1, -0.05) is 70.1 Å². The second kappa shape index (κ2) is 6.74. The van der Waals surface area contributed by atoms with Crippen LogP contribution in [0.1, 0.15) is 5.56 Å². The summed E-state index contributed by atoms with van der Waals surface area (Å²) in [4.78, 5) is 0. The highest BCUT2D eigenvalue weighted by molar-refractivity contribution is 6.50. The average Bonchev–Trinajstić information content (AvgIpc) is 2.39. The Balaban J connectivity index is 2.63. The summed E-state index contributed by atoms with van der Waals surface area (Å²) in [5.41, 5.74) is 2.30. The van der Waals surface area contributed by atoms with Crippen molar-refractivity contribution in [1.29, 1.82) is 0 Å². The Kier molecular flexibility index (Phi) is 5.47. The van der Waals surface area contributed by atoms with E-state index in [1.165, 1.54) is 6.07 Å². The number of rotatable bonds is 3. The highest BCUT2D eigenvalue weighted by Crippen LogP contribution is 2.45. The van der Waals surface area contributed by atoms with Crippen LogP contribution >= 0.6 is 58.0 Å². The fraction of sp³-hybridized carbons (Fsp3) is 0.143. The molecule has 0 amide bonds. The largest absolute Gasteiger partial charge is 0.316 e. The zero-order chi connectivity index (χ0) is 14.9. The highest BCUT2D eigenvalue weighted by atomic mass is 35.5. The van der Waals surface area contributed by atoms with Crippen molar-refractivity contribution in [2.24, 2.45) is 0 Å². The zero-order valence-corrected chi connectivity index (χ0v) is 14.2. The van der Waals surface area contributed by atoms with Crippen molar-refractivity contribution in [3.8, 4) is 11.1 Å². The van der Waals surface area contributed by atoms with Gasteiger partial charge in [-0.2, -0.15) is 0 Å². The lowest BCUT2D eigenvalue weighted by Gasteiger charge is -2.13. The van der Waals surface area contributed by atoms with Gasteiger partial charge in [-0.05, 0) is 24.7 Å². The minimum atomic E-state index is 0.337. The zero-order valence-electron chi connectivity index (χ0n) is 10.4. The molecule has 2 aromatic rings. The van der Waals surface area contributed by atoms with E-state index in [1.807, 2.05) is 25.2 Å². The molecule has 2 rings (SSSR count). The van der Waals surface area contributed by atoms with Gasteiger partial charge in [-0.15, -0.1) is 0 Å². The molecule has 0 spiro atoms. The quantitative estimate of drug-likeness (QED) is 0.623. The van der Waals surface area contributed by atoms with Crippen molar-refractivity contribution in [3.05, 3.63) is 54.9 Å². The first-order valence-corrected chi connectivity index (χ1v) is 7.61. The van der Waals surface area contributed by atoms with E-state index in [4.69, 9.17) is 58.0 Å². The second-order valence-corrected chi connectivity index (χ2v) is 6.17. The fourth-order valence-electron chi connectivity index (χ4n) is 1.89. The molecule has 1 nitrogen and oxygen atoms in total. The van der Waals surface area contributed by atoms with E-state index in [1.54, 1.807) is 0 Å². The third-order valence-corrected chi connectivity index (χ3v) is 4.68. The van der Waals surface area contributed by atoms with Crippen LogP contribution in [0.5, 0.6) is 0 Å². The van der Waals surface area contributed by atoms with E-state index >= 15 is 0 Å². The third-order valence-electron chi connectivity index (χ3n) is 2.80. The van der Waals surface area contributed by atoms with E-state index in [-0.39, 0.29) is 0 Å². The van der Waals surface area contributed by atoms with Gasteiger partial charge in [0, 0.05) is 22.7 Å². The van der Waals surface area contributed by atoms with E-state index in [9.17, 15) is 0 Å². The Hall–Kier alpha value is -0.150. The van der Waals surface area contributed by atoms with E-state index in [0.717, 1.165) is 12.1 Å². The average molecular weight is 370 g/mol. The van der Waals surface area contributed by atoms with Crippen LogP contribution in [0.2, 0.25) is 25.1 Å². The molecule has 0 saturated heterocycles. The summed E-state index contributed by atoms with van der Waals surface area (Å²) < 4.78 is 0. The van der Waals surface area contributed by atoms with Crippen LogP contribution in [-0.4, -0.2) is 7.05 Å². The van der Waals surface area contributed by atoms with Gasteiger partial charge in [0.05, 0.1) is 20.1 Å². The Morgan fingerprint density at radius 3 is 1.95 bits per heavy atom. The number of nitrogens with one attached hydrogen (secondary N) is 1. The SMILES string of the molecule is CNCc1ccc(-c2c(Cl)c(Cl)cc(Cl)c2Cl)c(Cl)c1. The predicted octanol–water partition coefficient (Wildman–Crippen LogP) is 6.34. The Labute approximate surface area is 142 Å². The first-order chi connectivity index (χ1) is 9.45. The maximum atomic E-state index is 6.32. The molecule has 0 atom stereocenters. The van der Waals surface area contributed by atoms with Gasteiger partial charge in [0.1, 0.15) is 0 Å². The van der Waals surface area contributed by atoms with Gasteiger partial charge in [-0.25, -0.2) is 0 Å². The topological polar surface area (TPSA) is 12.0 Å². The van der Waals surface area contributed by atoms with Gasteiger partial charge in [0.25, 0.3) is 0 Å². The van der Waals surface area contributed by atoms with Crippen molar-refractivity contribution in [3.63, 3.8) is 0 Å². The van der Waals surface area contributed by atoms with Crippen LogP contribution in [0.4, 0.5) is 0 Å². The van der Waals surface area contributed by atoms with Gasteiger partial charge >= 0.3 is 0 Å². The second-order valence-electron chi connectivity index (χ2n) is 4.19. The van der Waals surface area contributed by atoms with Crippen LogP contribution in [0.3, 0.4) is 0 Å². The highest BCUT2D eigenvalue weighted by Gasteiger charge is 2.17. The summed E-state index contributed by atoms with van der Waals surface area (Å²) in [6, 6.07) is 7.17. The van der Waals surface area contributed by atoms with Crippen molar-refractivity contribution >= 4 is 58.0 Å². The molecule has 0 aliphatic carbocycles. The predicted molar refractivity (Wildman–Crippen MR) is 89.7 cm³/mol. The van der Waals surface area contributed by atoms with Crippen molar-refractivity contribution < 1.29 is 0 Å². The van der Waals surface area contributed by atoms with Crippen LogP contribution in [0.25, 0.3) is 11.1 Å². The lowest BCUT2D eigenvalue weighted by molar-refractivity contribution is 0.818. The fourth-order valence-corrected chi connectivity index (χ4v) is 3.20. The molecular weight excluding hydrogens is 359 g/mol. The lowest BCUT2D eigenvalue weighted by Crippen LogP contribution is -2.04. The Morgan fingerprint density at radius 1 is 0.850 bits per heavy atom. The molecule has 2 aromatic carbocycles. The molecule has 0 radical (unpaired) electrons. The first kappa shape index (κ1) is 16.2. The monoisotopic (exact) mass is 367 g/mol. The van der Waals surface area contributed by atoms with Crippen LogP contribution in [0.15, 0.2) is 24.3 Å². The minimum absolute atomic E-state index is 0.337. The third kappa shape index (κ3) is 3.19. The summed E-state index contributed by atoms with van der Waals surface area (Å²) >= 11 is 30.9. The summed E-state index contributed by atoms with van der Waals surface area (Å²) in [7, 11) is 1.87. The molecule has 6 heteroatoms. The van der Waals surface area contributed by atoms with E-state index in [2.05, 4.69) is 5.32 Å². The van der Waals surface area contributed by atoms with E-state index < -0.39 is 0 Å². The van der Waals surface area contributed by atoms with E-state index in [0.29, 0.717) is 36.2 Å². The molecule has 106 valence electrons. The summed E-state index contributed by atoms with van der Waals surface area (Å²) in [5.74, 6) is 0. The van der Waals surface area contributed by atoms with Crippen LogP contribution < -0.4 is 5.32 Å². The van der Waals surface area contributed by atoms with Gasteiger partial charge < -0.3 is 5.32 Å². The van der Waals surface area contributed by atoms with Crippen LogP contribution in [0, 0.1) is 0 Å². The molecule has 0 bridgehead atoms. The molecule has 0 aliphatic heterocycles. The number of benzene rings is 2. The normalized spacial score (nSPS) is 10.9. The molecule has 20 heavy (non-hydrogen) atoms. The van der Waals surface area contributed by atoms with Gasteiger partial charge in [0.2, 0.25) is 0 Å². The number of halogens is 5. The number of hydrogen-bond acceptors (Lipinski definition) is 1. The molecule has 0 unspecified atom stereocenters. The molecule has 1 N–H and O–H groups in total. The molecular formula is C14H10Cl5N. The summed E-state index contributed by atoms with van der Waals surface area (Å²) in [5, 5.41) is 4.95. The molecule has 0 aliphatic rings. The lowest BCUT2D eigenvalue weighted by atomic mass is 10.0. The molecule has 0 aromatic heterocycles. The van der Waals surface area contributed by atoms with Crippen molar-refractivity contribution in [2.75, 3.05) is 7.05 Å². The minimum Gasteiger partial charge on any atom is -0.316 e. The summed E-state index contributed by atoms with van der Waals surface area (Å²) in [6.45, 7) is 0.720. The molecule has 0 heterocycles. The summed E-state index contributed by atoms with van der Waals surface area (Å²) in [6.07, 6.45) is 0. The molecule has 0 saturated carbocycles. The maximum Gasteiger partial charge on any atom is 0.0687 e. The number of hydrogen-bond donors (Lipinski definition) is 1.